The minimum atomic E-state index is 0.644. The van der Waals surface area contributed by atoms with Crippen molar-refractivity contribution in [2.45, 2.75) is 26.1 Å². The van der Waals surface area contributed by atoms with Crippen molar-refractivity contribution in [2.75, 3.05) is 5.75 Å². The molecule has 0 bridgehead atoms. The molecule has 88 valence electrons. The van der Waals surface area contributed by atoms with E-state index >= 15 is 0 Å². The monoisotopic (exact) mass is 300 g/mol. The van der Waals surface area contributed by atoms with Gasteiger partial charge in [-0.05, 0) is 0 Å². The Labute approximate surface area is 110 Å². The van der Waals surface area contributed by atoms with Gasteiger partial charge in [0.1, 0.15) is 0 Å². The Kier molecular flexibility index (Phi) is 6.95. The van der Waals surface area contributed by atoms with Crippen LogP contribution in [0.2, 0.25) is 5.32 Å². The normalized spacial score (nSPS) is 12.1. The molecule has 0 aliphatic rings. The second kappa shape index (κ2) is 8.00. The quantitative estimate of drug-likeness (QED) is 0.696. The molecule has 0 saturated carbocycles. The Morgan fingerprint density at radius 2 is 2.00 bits per heavy atom. The van der Waals surface area contributed by atoms with Gasteiger partial charge in [0, 0.05) is 0 Å². The summed E-state index contributed by atoms with van der Waals surface area (Å²) in [7, 11) is 0. The average Bonchev–Trinajstić information content (AvgIpc) is 2.27. The second-order valence-corrected chi connectivity index (χ2v) is 8.13. The molecule has 0 fully saturated rings. The van der Waals surface area contributed by atoms with Gasteiger partial charge in [0.05, 0.1) is 0 Å². The van der Waals surface area contributed by atoms with E-state index in [1.54, 1.807) is 3.80 Å². The predicted octanol–water partition coefficient (Wildman–Crippen LogP) is 4.52. The van der Waals surface area contributed by atoms with Crippen LogP contribution in [0.25, 0.3) is 6.08 Å². The zero-order chi connectivity index (χ0) is 11.8. The van der Waals surface area contributed by atoms with E-state index in [0.717, 1.165) is 5.92 Å². The molecule has 1 aromatic rings. The van der Waals surface area contributed by atoms with Crippen LogP contribution in [-0.4, -0.2) is 20.7 Å². The Balaban J connectivity index is 2.65. The third kappa shape index (κ3) is 5.79. The molecule has 0 unspecified atom stereocenters. The van der Waals surface area contributed by atoms with Crippen molar-refractivity contribution in [3.05, 3.63) is 39.7 Å². The van der Waals surface area contributed by atoms with E-state index in [1.807, 2.05) is 11.8 Å². The van der Waals surface area contributed by atoms with Crippen molar-refractivity contribution < 1.29 is 0 Å². The van der Waals surface area contributed by atoms with Crippen molar-refractivity contribution in [3.8, 4) is 0 Å². The fourth-order valence-electron chi connectivity index (χ4n) is 1.20. The average molecular weight is 299 g/mol. The summed E-state index contributed by atoms with van der Waals surface area (Å²) in [5, 5.41) is 1.35. The Bertz CT molecular complexity index is 317. The van der Waals surface area contributed by atoms with Gasteiger partial charge in [0.15, 0.2) is 0 Å². The van der Waals surface area contributed by atoms with Gasteiger partial charge in [-0.1, -0.05) is 0 Å². The third-order valence-corrected chi connectivity index (χ3v) is 6.57. The van der Waals surface area contributed by atoms with Crippen LogP contribution in [0.3, 0.4) is 0 Å². The van der Waals surface area contributed by atoms with E-state index < -0.39 is 0 Å². The molecule has 1 rings (SSSR count). The Morgan fingerprint density at radius 3 is 2.56 bits per heavy atom. The van der Waals surface area contributed by atoms with Crippen LogP contribution >= 0.6 is 11.8 Å². The van der Waals surface area contributed by atoms with Gasteiger partial charge in [0.2, 0.25) is 0 Å². The summed E-state index contributed by atoms with van der Waals surface area (Å²) >= 11 is 2.65. The summed E-state index contributed by atoms with van der Waals surface area (Å²) in [6.07, 6.45) is 2.36. The summed E-state index contributed by atoms with van der Waals surface area (Å²) in [5.41, 5.74) is 1.34. The molecule has 1 aromatic carbocycles. The summed E-state index contributed by atoms with van der Waals surface area (Å²) in [4.78, 5) is 0. The standard InChI is InChI=1S/C14H20SSe/c1-4-15-14(16-11-12(2)3)10-13-8-6-5-7-9-13/h5-10,12H,4,11H2,1-3H3/b14-10-. The van der Waals surface area contributed by atoms with Crippen LogP contribution in [0.1, 0.15) is 26.3 Å². The SMILES string of the molecule is CCS/C(=C/c1ccccc1)[Se]CC(C)C. The van der Waals surface area contributed by atoms with Crippen molar-refractivity contribution in [2.24, 2.45) is 5.92 Å². The van der Waals surface area contributed by atoms with Gasteiger partial charge in [-0.3, -0.25) is 0 Å². The van der Waals surface area contributed by atoms with Gasteiger partial charge in [0.25, 0.3) is 0 Å². The molecule has 0 aliphatic carbocycles. The molecule has 0 heterocycles. The minimum absolute atomic E-state index is 0.644. The molecular weight excluding hydrogens is 279 g/mol. The summed E-state index contributed by atoms with van der Waals surface area (Å²) < 4.78 is 1.58. The van der Waals surface area contributed by atoms with E-state index in [-0.39, 0.29) is 0 Å². The number of benzene rings is 1. The molecule has 0 atom stereocenters. The fraction of sp³-hybridized carbons (Fsp3) is 0.429. The maximum atomic E-state index is 2.36. The first-order valence-electron chi connectivity index (χ1n) is 5.74. The van der Waals surface area contributed by atoms with E-state index in [9.17, 15) is 0 Å². The van der Waals surface area contributed by atoms with Gasteiger partial charge in [-0.2, -0.15) is 0 Å². The van der Waals surface area contributed by atoms with Gasteiger partial charge < -0.3 is 0 Å². The van der Waals surface area contributed by atoms with Crippen LogP contribution < -0.4 is 0 Å². The van der Waals surface area contributed by atoms with Crippen LogP contribution in [0, 0.1) is 5.92 Å². The molecule has 0 spiro atoms. The van der Waals surface area contributed by atoms with E-state index in [1.165, 1.54) is 16.6 Å². The number of thioether (sulfide) groups is 1. The Hall–Kier alpha value is -0.171. The van der Waals surface area contributed by atoms with E-state index in [2.05, 4.69) is 57.2 Å². The molecule has 2 heteroatoms. The van der Waals surface area contributed by atoms with E-state index in [4.69, 9.17) is 0 Å². The van der Waals surface area contributed by atoms with Crippen molar-refractivity contribution in [3.63, 3.8) is 0 Å². The zero-order valence-electron chi connectivity index (χ0n) is 10.3. The molecule has 0 amide bonds. The third-order valence-electron chi connectivity index (χ3n) is 1.93. The van der Waals surface area contributed by atoms with Crippen LogP contribution in [0.5, 0.6) is 0 Å². The van der Waals surface area contributed by atoms with Gasteiger partial charge >= 0.3 is 110 Å². The van der Waals surface area contributed by atoms with E-state index in [0.29, 0.717) is 15.0 Å². The molecule has 0 N–H and O–H groups in total. The molecular formula is C14H20SSe. The Morgan fingerprint density at radius 1 is 1.31 bits per heavy atom. The van der Waals surface area contributed by atoms with Crippen molar-refractivity contribution in [1.29, 1.82) is 0 Å². The first-order chi connectivity index (χ1) is 7.72. The maximum absolute atomic E-state index is 2.36. The molecule has 0 nitrogen and oxygen atoms in total. The van der Waals surface area contributed by atoms with Gasteiger partial charge in [-0.15, -0.1) is 0 Å². The first kappa shape index (κ1) is 13.9. The summed E-state index contributed by atoms with van der Waals surface area (Å²) in [6, 6.07) is 10.7. The van der Waals surface area contributed by atoms with Gasteiger partial charge in [-0.25, -0.2) is 0 Å². The van der Waals surface area contributed by atoms with Crippen LogP contribution in [0.4, 0.5) is 0 Å². The fourth-order valence-corrected chi connectivity index (χ4v) is 4.91. The molecule has 0 saturated heterocycles. The summed E-state index contributed by atoms with van der Waals surface area (Å²) in [6.45, 7) is 6.84. The van der Waals surface area contributed by atoms with Crippen LogP contribution in [-0.2, 0) is 0 Å². The van der Waals surface area contributed by atoms with Crippen LogP contribution in [0.15, 0.2) is 34.1 Å². The van der Waals surface area contributed by atoms with Crippen molar-refractivity contribution in [1.82, 2.24) is 0 Å². The number of hydrogen-bond donors (Lipinski definition) is 0. The number of rotatable bonds is 6. The molecule has 0 aromatic heterocycles. The predicted molar refractivity (Wildman–Crippen MR) is 78.0 cm³/mol. The molecule has 0 aliphatic heterocycles. The second-order valence-electron chi connectivity index (χ2n) is 4.01. The topological polar surface area (TPSA) is 0 Å². The van der Waals surface area contributed by atoms with Crippen molar-refractivity contribution >= 4 is 32.8 Å². The zero-order valence-corrected chi connectivity index (χ0v) is 12.8. The summed E-state index contributed by atoms with van der Waals surface area (Å²) in [5.74, 6) is 2.00. The molecule has 0 radical (unpaired) electrons. The first-order valence-corrected chi connectivity index (χ1v) is 8.80. The molecule has 16 heavy (non-hydrogen) atoms. The number of hydrogen-bond acceptors (Lipinski definition) is 1.